The number of nitrogens with zero attached hydrogens (tertiary/aromatic N) is 4. The van der Waals surface area contributed by atoms with Gasteiger partial charge in [-0.15, -0.1) is 0 Å². The first-order valence-electron chi connectivity index (χ1n) is 13.0. The summed E-state index contributed by atoms with van der Waals surface area (Å²) in [4.78, 5) is 16.1. The highest BCUT2D eigenvalue weighted by Crippen LogP contribution is 2.52. The van der Waals surface area contributed by atoms with Gasteiger partial charge in [-0.05, 0) is 68.1 Å². The Kier molecular flexibility index (Phi) is 5.03. The van der Waals surface area contributed by atoms with Gasteiger partial charge >= 0.3 is 0 Å². The maximum Gasteiger partial charge on any atom is 0.237 e. The molecule has 9 heteroatoms. The maximum absolute atomic E-state index is 15.7. The van der Waals surface area contributed by atoms with Gasteiger partial charge in [0.05, 0.1) is 11.2 Å². The summed E-state index contributed by atoms with van der Waals surface area (Å²) in [7, 11) is 2.18. The number of aromatic nitrogens is 3. The average Bonchev–Trinajstić information content (AvgIpc) is 3.68. The Balaban J connectivity index is 1.29. The van der Waals surface area contributed by atoms with Crippen molar-refractivity contribution in [3.63, 3.8) is 0 Å². The molecule has 4 N–H and O–H groups in total. The molecule has 0 atom stereocenters. The first-order chi connectivity index (χ1) is 18.3. The van der Waals surface area contributed by atoms with Gasteiger partial charge in [0, 0.05) is 59.6 Å². The van der Waals surface area contributed by atoms with Crippen molar-refractivity contribution in [2.24, 2.45) is 0 Å². The van der Waals surface area contributed by atoms with Gasteiger partial charge in [0.15, 0.2) is 5.82 Å². The zero-order valence-electron chi connectivity index (χ0n) is 21.8. The molecule has 1 aliphatic carbocycles. The lowest BCUT2D eigenvalue weighted by atomic mass is 9.87. The zero-order chi connectivity index (χ0) is 26.2. The number of hydrogen-bond donors (Lipinski definition) is 3. The summed E-state index contributed by atoms with van der Waals surface area (Å²) in [6.07, 6.45) is 5.76. The largest absolute Gasteiger partial charge is 0.474 e. The minimum Gasteiger partial charge on any atom is -0.474 e. The van der Waals surface area contributed by atoms with Crippen molar-refractivity contribution in [2.45, 2.75) is 38.6 Å². The molecule has 0 saturated heterocycles. The minimum atomic E-state index is -0.492. The second-order valence-corrected chi connectivity index (χ2v) is 10.9. The molecule has 2 aromatic carbocycles. The van der Waals surface area contributed by atoms with Crippen molar-refractivity contribution in [3.8, 4) is 17.0 Å². The molecule has 8 nitrogen and oxygen atoms in total. The summed E-state index contributed by atoms with van der Waals surface area (Å²) in [6, 6.07) is 6.55. The molecular formula is C29H30FN7O. The van der Waals surface area contributed by atoms with Crippen molar-refractivity contribution in [1.29, 1.82) is 0 Å². The Hall–Kier alpha value is -3.98. The number of nitrogens with two attached hydrogens (primary N) is 1. The van der Waals surface area contributed by atoms with Crippen LogP contribution in [0.2, 0.25) is 0 Å². The average molecular weight is 512 g/mol. The van der Waals surface area contributed by atoms with Gasteiger partial charge in [-0.3, -0.25) is 0 Å². The van der Waals surface area contributed by atoms with Crippen molar-refractivity contribution in [2.75, 3.05) is 43.1 Å². The molecule has 0 bridgehead atoms. The van der Waals surface area contributed by atoms with Crippen LogP contribution in [0.3, 0.4) is 0 Å². The lowest BCUT2D eigenvalue weighted by Crippen LogP contribution is -2.35. The molecule has 0 unspecified atom stereocenters. The normalized spacial score (nSPS) is 17.5. The second-order valence-electron chi connectivity index (χ2n) is 10.9. The van der Waals surface area contributed by atoms with Gasteiger partial charge in [-0.1, -0.05) is 6.07 Å². The van der Waals surface area contributed by atoms with Crippen LogP contribution in [0.1, 0.15) is 35.1 Å². The SMILES string of the molecule is Cc1c(-c2c(F)c(N)c3cnc(Nc4ccc5c(c4)CN(C)CC54CC4)nc3c2C)cnc2c1NCCO2. The molecule has 0 amide bonds. The van der Waals surface area contributed by atoms with Crippen molar-refractivity contribution in [3.05, 3.63) is 58.7 Å². The zero-order valence-corrected chi connectivity index (χ0v) is 21.8. The lowest BCUT2D eigenvalue weighted by Gasteiger charge is -2.32. The number of nitrogens with one attached hydrogen (secondary N) is 2. The van der Waals surface area contributed by atoms with Crippen molar-refractivity contribution in [1.82, 2.24) is 19.9 Å². The highest BCUT2D eigenvalue weighted by Gasteiger charge is 2.48. The van der Waals surface area contributed by atoms with E-state index in [2.05, 4.69) is 50.7 Å². The lowest BCUT2D eigenvalue weighted by molar-refractivity contribution is 0.271. The van der Waals surface area contributed by atoms with E-state index in [-0.39, 0.29) is 5.69 Å². The fourth-order valence-electron chi connectivity index (χ4n) is 6.23. The van der Waals surface area contributed by atoms with E-state index in [0.717, 1.165) is 30.0 Å². The summed E-state index contributed by atoms with van der Waals surface area (Å²) in [5, 5.41) is 7.18. The van der Waals surface area contributed by atoms with E-state index >= 15 is 4.39 Å². The number of pyridine rings is 1. The monoisotopic (exact) mass is 511 g/mol. The van der Waals surface area contributed by atoms with E-state index in [1.807, 2.05) is 13.8 Å². The Bertz CT molecular complexity index is 1630. The van der Waals surface area contributed by atoms with Gasteiger partial charge in [0.25, 0.3) is 0 Å². The minimum absolute atomic E-state index is 0.0278. The molecule has 4 aromatic rings. The predicted octanol–water partition coefficient (Wildman–Crippen LogP) is 5.05. The molecule has 2 aliphatic heterocycles. The van der Waals surface area contributed by atoms with Crippen LogP contribution in [0.25, 0.3) is 22.0 Å². The Morgan fingerprint density at radius 1 is 1.16 bits per heavy atom. The van der Waals surface area contributed by atoms with Crippen LogP contribution in [0.5, 0.6) is 5.88 Å². The highest BCUT2D eigenvalue weighted by molar-refractivity contribution is 5.99. The number of nitrogen functional groups attached to an aromatic ring is 1. The Morgan fingerprint density at radius 2 is 2.00 bits per heavy atom. The van der Waals surface area contributed by atoms with Gasteiger partial charge in [-0.25, -0.2) is 19.3 Å². The molecule has 194 valence electrons. The first-order valence-corrected chi connectivity index (χ1v) is 13.0. The maximum atomic E-state index is 15.7. The van der Waals surface area contributed by atoms with Gasteiger partial charge in [-0.2, -0.15) is 0 Å². The smallest absolute Gasteiger partial charge is 0.237 e. The van der Waals surface area contributed by atoms with Crippen LogP contribution in [0.15, 0.2) is 30.6 Å². The molecule has 38 heavy (non-hydrogen) atoms. The van der Waals surface area contributed by atoms with Gasteiger partial charge in [0.1, 0.15) is 12.3 Å². The summed E-state index contributed by atoms with van der Waals surface area (Å²) in [6.45, 7) is 7.07. The molecule has 1 fully saturated rings. The molecule has 4 heterocycles. The Labute approximate surface area is 220 Å². The summed E-state index contributed by atoms with van der Waals surface area (Å²) in [5.74, 6) is 0.480. The number of halogens is 1. The molecule has 2 aromatic heterocycles. The van der Waals surface area contributed by atoms with E-state index in [1.165, 1.54) is 24.0 Å². The number of hydrogen-bond acceptors (Lipinski definition) is 8. The van der Waals surface area contributed by atoms with Crippen LogP contribution in [-0.4, -0.2) is 46.6 Å². The van der Waals surface area contributed by atoms with Gasteiger partial charge < -0.3 is 26.0 Å². The highest BCUT2D eigenvalue weighted by atomic mass is 19.1. The number of aryl methyl sites for hydroxylation is 1. The molecular weight excluding hydrogens is 481 g/mol. The quantitative estimate of drug-likeness (QED) is 0.329. The standard InChI is InChI=1S/C29H30FN7O/c1-15-19(11-33-27-26(15)32-8-9-38-27)22-16(2)25-20(24(31)23(22)30)12-34-28(36-25)35-18-4-5-21-17(10-18)13-37(3)14-29(21)6-7-29/h4-5,10-12,32H,6-9,13-14,31H2,1-3H3,(H,34,35,36). The first kappa shape index (κ1) is 23.2. The number of benzene rings is 2. The predicted molar refractivity (Wildman–Crippen MR) is 148 cm³/mol. The van der Waals surface area contributed by atoms with Crippen molar-refractivity contribution < 1.29 is 9.13 Å². The van der Waals surface area contributed by atoms with Crippen LogP contribution < -0.4 is 21.1 Å². The van der Waals surface area contributed by atoms with E-state index in [9.17, 15) is 0 Å². The fraction of sp³-hybridized carbons (Fsp3) is 0.345. The van der Waals surface area contributed by atoms with Crippen LogP contribution in [0.4, 0.5) is 27.4 Å². The molecule has 0 radical (unpaired) electrons. The Morgan fingerprint density at radius 3 is 2.82 bits per heavy atom. The number of likely N-dealkylation sites (N-methyl/N-ethyl adjacent to an activating group) is 1. The molecule has 1 saturated carbocycles. The van der Waals surface area contributed by atoms with Crippen LogP contribution in [-0.2, 0) is 12.0 Å². The summed E-state index contributed by atoms with van der Waals surface area (Å²) < 4.78 is 21.4. The molecule has 3 aliphatic rings. The van der Waals surface area contributed by atoms with Gasteiger partial charge in [0.2, 0.25) is 11.8 Å². The van der Waals surface area contributed by atoms with Crippen LogP contribution >= 0.6 is 0 Å². The molecule has 1 spiro atoms. The topological polar surface area (TPSA) is 101 Å². The van der Waals surface area contributed by atoms with E-state index in [0.29, 0.717) is 58.0 Å². The van der Waals surface area contributed by atoms with Crippen LogP contribution in [0, 0.1) is 19.7 Å². The number of rotatable bonds is 3. The third-order valence-electron chi connectivity index (χ3n) is 8.28. The third-order valence-corrected chi connectivity index (χ3v) is 8.28. The molecule has 7 rings (SSSR count). The number of ether oxygens (including phenoxy) is 1. The summed E-state index contributed by atoms with van der Waals surface area (Å²) >= 11 is 0. The van der Waals surface area contributed by atoms with E-state index in [4.69, 9.17) is 15.5 Å². The van der Waals surface area contributed by atoms with E-state index < -0.39 is 5.82 Å². The van der Waals surface area contributed by atoms with Crippen molar-refractivity contribution >= 4 is 33.9 Å². The second kappa shape index (κ2) is 8.26. The van der Waals surface area contributed by atoms with E-state index in [1.54, 1.807) is 12.4 Å². The fourth-order valence-corrected chi connectivity index (χ4v) is 6.23. The number of fused-ring (bicyclic) bond motifs is 4. The summed E-state index contributed by atoms with van der Waals surface area (Å²) in [5.41, 5.74) is 14.4. The third kappa shape index (κ3) is 3.49. The number of anilines is 4.